The lowest BCUT2D eigenvalue weighted by Crippen LogP contribution is -2.31. The minimum atomic E-state index is -4.46. The van der Waals surface area contributed by atoms with Gasteiger partial charge in [-0.3, -0.25) is 4.79 Å². The molecule has 2 unspecified atom stereocenters. The van der Waals surface area contributed by atoms with Crippen molar-refractivity contribution in [2.75, 3.05) is 6.54 Å². The molecule has 1 aromatic rings. The summed E-state index contributed by atoms with van der Waals surface area (Å²) in [4.78, 5) is 12.4. The molecule has 1 N–H and O–H groups in total. The minimum Gasteiger partial charge on any atom is -0.352 e. The summed E-state index contributed by atoms with van der Waals surface area (Å²) in [5, 5.41) is 2.72. The van der Waals surface area contributed by atoms with E-state index in [9.17, 15) is 18.0 Å². The van der Waals surface area contributed by atoms with E-state index in [4.69, 9.17) is 0 Å². The average molecular weight is 429 g/mol. The van der Waals surface area contributed by atoms with Crippen molar-refractivity contribution in [1.29, 1.82) is 0 Å². The van der Waals surface area contributed by atoms with Crippen molar-refractivity contribution in [3.05, 3.63) is 33.8 Å². The number of hydrogen-bond acceptors (Lipinski definition) is 1. The molecule has 0 aromatic heterocycles. The summed E-state index contributed by atoms with van der Waals surface area (Å²) in [5.74, 6) is -0.155. The summed E-state index contributed by atoms with van der Waals surface area (Å²) in [6.07, 6.45) is -1.28. The van der Waals surface area contributed by atoms with Gasteiger partial charge in [0.1, 0.15) is 0 Å². The van der Waals surface area contributed by atoms with E-state index in [0.717, 1.165) is 31.4 Å². The SMILES string of the molecule is O=C(NCC1CCCC1Br)c1cc(C(F)(F)F)ccc1Br. The van der Waals surface area contributed by atoms with Gasteiger partial charge in [0.25, 0.3) is 5.91 Å². The number of halogens is 5. The first-order valence-electron chi connectivity index (χ1n) is 6.58. The Morgan fingerprint density at radius 2 is 2.05 bits per heavy atom. The molecule has 21 heavy (non-hydrogen) atoms. The van der Waals surface area contributed by atoms with Gasteiger partial charge in [-0.05, 0) is 52.9 Å². The van der Waals surface area contributed by atoms with Gasteiger partial charge in [-0.15, -0.1) is 0 Å². The highest BCUT2D eigenvalue weighted by atomic mass is 79.9. The molecule has 1 aliphatic rings. The van der Waals surface area contributed by atoms with Gasteiger partial charge in [0.05, 0.1) is 11.1 Å². The number of alkyl halides is 4. The fraction of sp³-hybridized carbons (Fsp3) is 0.500. The number of nitrogens with one attached hydrogen (secondary N) is 1. The van der Waals surface area contributed by atoms with Crippen molar-refractivity contribution >= 4 is 37.8 Å². The normalized spacial score (nSPS) is 22.3. The van der Waals surface area contributed by atoms with Gasteiger partial charge in [-0.1, -0.05) is 22.4 Å². The van der Waals surface area contributed by atoms with Gasteiger partial charge < -0.3 is 5.32 Å². The third kappa shape index (κ3) is 4.22. The second kappa shape index (κ2) is 6.69. The predicted octanol–water partition coefficient (Wildman–Crippen LogP) is 4.76. The molecule has 1 aliphatic carbocycles. The molecule has 2 nitrogen and oxygen atoms in total. The topological polar surface area (TPSA) is 29.1 Å². The van der Waals surface area contributed by atoms with Crippen molar-refractivity contribution in [1.82, 2.24) is 5.32 Å². The molecule has 0 spiro atoms. The maximum absolute atomic E-state index is 12.7. The monoisotopic (exact) mass is 427 g/mol. The quantitative estimate of drug-likeness (QED) is 0.691. The highest BCUT2D eigenvalue weighted by molar-refractivity contribution is 9.10. The lowest BCUT2D eigenvalue weighted by molar-refractivity contribution is -0.137. The van der Waals surface area contributed by atoms with Crippen LogP contribution in [0.4, 0.5) is 13.2 Å². The van der Waals surface area contributed by atoms with Crippen LogP contribution < -0.4 is 5.32 Å². The zero-order valence-electron chi connectivity index (χ0n) is 11.0. The first-order chi connectivity index (χ1) is 9.79. The highest BCUT2D eigenvalue weighted by Gasteiger charge is 2.32. The minimum absolute atomic E-state index is 0.00828. The summed E-state index contributed by atoms with van der Waals surface area (Å²) in [5.41, 5.74) is -0.816. The highest BCUT2D eigenvalue weighted by Crippen LogP contribution is 2.33. The summed E-state index contributed by atoms with van der Waals surface area (Å²) >= 11 is 6.68. The average Bonchev–Trinajstić information content (AvgIpc) is 2.80. The van der Waals surface area contributed by atoms with E-state index in [1.165, 1.54) is 6.07 Å². The maximum Gasteiger partial charge on any atom is 0.416 e. The Morgan fingerprint density at radius 3 is 2.62 bits per heavy atom. The smallest absolute Gasteiger partial charge is 0.352 e. The van der Waals surface area contributed by atoms with E-state index in [0.29, 0.717) is 21.8 Å². The lowest BCUT2D eigenvalue weighted by Gasteiger charge is -2.16. The van der Waals surface area contributed by atoms with E-state index >= 15 is 0 Å². The standard InChI is InChI=1S/C14H14Br2F3NO/c15-11-3-1-2-8(11)7-20-13(21)10-6-9(14(17,18)19)4-5-12(10)16/h4-6,8,11H,1-3,7H2,(H,20,21). The summed E-state index contributed by atoms with van der Waals surface area (Å²) in [6, 6.07) is 3.08. The first kappa shape index (κ1) is 16.8. The van der Waals surface area contributed by atoms with Gasteiger partial charge in [0.15, 0.2) is 0 Å². The van der Waals surface area contributed by atoms with Gasteiger partial charge in [-0.25, -0.2) is 0 Å². The van der Waals surface area contributed by atoms with Crippen LogP contribution >= 0.6 is 31.9 Å². The molecule has 0 heterocycles. The number of carbonyl (C=O) groups is 1. The Balaban J connectivity index is 2.08. The van der Waals surface area contributed by atoms with Crippen molar-refractivity contribution in [3.63, 3.8) is 0 Å². The number of rotatable bonds is 3. The molecule has 0 saturated heterocycles. The molecule has 1 amide bonds. The van der Waals surface area contributed by atoms with Crippen LogP contribution in [0, 0.1) is 5.92 Å². The van der Waals surface area contributed by atoms with Crippen molar-refractivity contribution in [2.45, 2.75) is 30.3 Å². The second-order valence-corrected chi connectivity index (χ2v) is 7.14. The van der Waals surface area contributed by atoms with Gasteiger partial charge in [0.2, 0.25) is 0 Å². The van der Waals surface area contributed by atoms with E-state index < -0.39 is 17.6 Å². The molecular weight excluding hydrogens is 415 g/mol. The number of amides is 1. The van der Waals surface area contributed by atoms with Crippen molar-refractivity contribution < 1.29 is 18.0 Å². The fourth-order valence-corrected chi connectivity index (χ4v) is 3.62. The Labute approximate surface area is 137 Å². The first-order valence-corrected chi connectivity index (χ1v) is 8.29. The van der Waals surface area contributed by atoms with Crippen LogP contribution in [0.2, 0.25) is 0 Å². The Morgan fingerprint density at radius 1 is 1.33 bits per heavy atom. The zero-order chi connectivity index (χ0) is 15.6. The van der Waals surface area contributed by atoms with Gasteiger partial charge >= 0.3 is 6.18 Å². The Hall–Kier alpha value is -0.560. The molecule has 2 rings (SSSR count). The Kier molecular flexibility index (Phi) is 5.35. The lowest BCUT2D eigenvalue weighted by atomic mass is 10.1. The van der Waals surface area contributed by atoms with E-state index in [-0.39, 0.29) is 5.56 Å². The van der Waals surface area contributed by atoms with Crippen LogP contribution in [0.5, 0.6) is 0 Å². The van der Waals surface area contributed by atoms with E-state index in [2.05, 4.69) is 37.2 Å². The second-order valence-electron chi connectivity index (χ2n) is 5.11. The molecule has 116 valence electrons. The maximum atomic E-state index is 12.7. The van der Waals surface area contributed by atoms with Crippen molar-refractivity contribution in [3.8, 4) is 0 Å². The molecule has 1 aromatic carbocycles. The molecule has 0 bridgehead atoms. The van der Waals surface area contributed by atoms with Gasteiger partial charge in [0, 0.05) is 15.8 Å². The molecule has 0 aliphatic heterocycles. The summed E-state index contributed by atoms with van der Waals surface area (Å²) in [6.45, 7) is 0.470. The number of benzene rings is 1. The summed E-state index contributed by atoms with van der Waals surface area (Å²) in [7, 11) is 0. The Bertz CT molecular complexity index is 533. The van der Waals surface area contributed by atoms with E-state index in [1.807, 2.05) is 0 Å². The van der Waals surface area contributed by atoms with Crippen LogP contribution in [0.3, 0.4) is 0 Å². The largest absolute Gasteiger partial charge is 0.416 e. The number of carbonyl (C=O) groups excluding carboxylic acids is 1. The molecule has 7 heteroatoms. The molecule has 1 fully saturated rings. The number of hydrogen-bond donors (Lipinski definition) is 1. The van der Waals surface area contributed by atoms with Crippen molar-refractivity contribution in [2.24, 2.45) is 5.92 Å². The van der Waals surface area contributed by atoms with Crippen LogP contribution in [-0.4, -0.2) is 17.3 Å². The zero-order valence-corrected chi connectivity index (χ0v) is 14.2. The van der Waals surface area contributed by atoms with Crippen LogP contribution in [-0.2, 0) is 6.18 Å². The third-order valence-electron chi connectivity index (χ3n) is 3.63. The van der Waals surface area contributed by atoms with E-state index in [1.54, 1.807) is 0 Å². The molecule has 0 radical (unpaired) electrons. The fourth-order valence-electron chi connectivity index (χ4n) is 2.42. The van der Waals surface area contributed by atoms with Crippen LogP contribution in [0.25, 0.3) is 0 Å². The molecule has 1 saturated carbocycles. The van der Waals surface area contributed by atoms with Crippen LogP contribution in [0.15, 0.2) is 22.7 Å². The molecular formula is C14H14Br2F3NO. The predicted molar refractivity (Wildman–Crippen MR) is 81.5 cm³/mol. The molecule has 2 atom stereocenters. The van der Waals surface area contributed by atoms with Crippen LogP contribution in [0.1, 0.15) is 35.2 Å². The summed E-state index contributed by atoms with van der Waals surface area (Å²) < 4.78 is 38.4. The van der Waals surface area contributed by atoms with Gasteiger partial charge in [-0.2, -0.15) is 13.2 Å². The third-order valence-corrected chi connectivity index (χ3v) is 5.53.